The average Bonchev–Trinajstić information content (AvgIpc) is 2.87. The molecule has 0 saturated carbocycles. The summed E-state index contributed by atoms with van der Waals surface area (Å²) in [5, 5.41) is 6.18. The van der Waals surface area contributed by atoms with E-state index in [4.69, 9.17) is 5.73 Å². The van der Waals surface area contributed by atoms with Crippen molar-refractivity contribution in [2.75, 3.05) is 5.32 Å². The second kappa shape index (κ2) is 9.22. The second-order valence-corrected chi connectivity index (χ2v) is 8.79. The standard InChI is InChI=1S/C22H27N3O3S/c1-13(2)18(24-20(27)14-9-5-3-6-10-14)21(28)25-22-17(19(23)26)15-11-7-4-8-12-16(15)29-22/h3,5-6,9-10,13,18H,4,7-8,11-12H2,1-2H3,(H2,23,26)(H,24,27)(H,25,28). The summed E-state index contributed by atoms with van der Waals surface area (Å²) in [6, 6.07) is 8.05. The van der Waals surface area contributed by atoms with Crippen LogP contribution in [0.2, 0.25) is 0 Å². The summed E-state index contributed by atoms with van der Waals surface area (Å²) in [6.45, 7) is 3.74. The molecule has 1 aromatic carbocycles. The molecule has 29 heavy (non-hydrogen) atoms. The molecule has 4 N–H and O–H groups in total. The van der Waals surface area contributed by atoms with Crippen LogP contribution in [0, 0.1) is 5.92 Å². The molecule has 1 aromatic heterocycles. The first-order valence-corrected chi connectivity index (χ1v) is 10.8. The topological polar surface area (TPSA) is 101 Å². The number of nitrogens with one attached hydrogen (secondary N) is 2. The van der Waals surface area contributed by atoms with Crippen molar-refractivity contribution < 1.29 is 14.4 Å². The maximum absolute atomic E-state index is 13.0. The van der Waals surface area contributed by atoms with Crippen LogP contribution in [0.1, 0.15) is 64.3 Å². The Bertz CT molecular complexity index is 906. The second-order valence-electron chi connectivity index (χ2n) is 7.68. The lowest BCUT2D eigenvalue weighted by Gasteiger charge is -2.21. The molecule has 1 aliphatic carbocycles. The van der Waals surface area contributed by atoms with Gasteiger partial charge in [-0.05, 0) is 49.3 Å². The van der Waals surface area contributed by atoms with E-state index in [0.29, 0.717) is 16.1 Å². The van der Waals surface area contributed by atoms with E-state index in [1.807, 2.05) is 19.9 Å². The van der Waals surface area contributed by atoms with E-state index in [0.717, 1.165) is 42.5 Å². The van der Waals surface area contributed by atoms with Crippen LogP contribution in [-0.2, 0) is 17.6 Å². The number of hydrogen-bond donors (Lipinski definition) is 3. The third-order valence-electron chi connectivity index (χ3n) is 5.18. The Kier molecular flexibility index (Phi) is 6.69. The zero-order valence-electron chi connectivity index (χ0n) is 16.8. The molecule has 154 valence electrons. The van der Waals surface area contributed by atoms with Crippen molar-refractivity contribution in [3.8, 4) is 0 Å². The number of benzene rings is 1. The molecule has 1 unspecified atom stereocenters. The van der Waals surface area contributed by atoms with E-state index in [2.05, 4.69) is 10.6 Å². The highest BCUT2D eigenvalue weighted by atomic mass is 32.1. The normalized spacial score (nSPS) is 14.6. The van der Waals surface area contributed by atoms with Gasteiger partial charge in [-0.25, -0.2) is 0 Å². The Labute approximate surface area is 174 Å². The lowest BCUT2D eigenvalue weighted by molar-refractivity contribution is -0.118. The van der Waals surface area contributed by atoms with Gasteiger partial charge in [-0.15, -0.1) is 11.3 Å². The monoisotopic (exact) mass is 413 g/mol. The molecule has 0 spiro atoms. The highest BCUT2D eigenvalue weighted by molar-refractivity contribution is 7.17. The first-order chi connectivity index (χ1) is 13.9. The molecule has 1 atom stereocenters. The first-order valence-electron chi connectivity index (χ1n) is 9.99. The van der Waals surface area contributed by atoms with Gasteiger partial charge in [-0.2, -0.15) is 0 Å². The Morgan fingerprint density at radius 2 is 1.72 bits per heavy atom. The minimum absolute atomic E-state index is 0.127. The summed E-state index contributed by atoms with van der Waals surface area (Å²) in [7, 11) is 0. The Morgan fingerprint density at radius 1 is 1.03 bits per heavy atom. The van der Waals surface area contributed by atoms with E-state index in [9.17, 15) is 14.4 Å². The number of hydrogen-bond acceptors (Lipinski definition) is 4. The molecule has 2 aromatic rings. The Balaban J connectivity index is 1.81. The van der Waals surface area contributed by atoms with Crippen molar-refractivity contribution in [2.24, 2.45) is 11.7 Å². The number of carbonyl (C=O) groups is 3. The van der Waals surface area contributed by atoms with E-state index >= 15 is 0 Å². The quantitative estimate of drug-likeness (QED) is 0.632. The number of amides is 3. The van der Waals surface area contributed by atoms with Crippen LogP contribution in [0.4, 0.5) is 5.00 Å². The molecule has 0 bridgehead atoms. The van der Waals surface area contributed by atoms with Crippen molar-refractivity contribution >= 4 is 34.1 Å². The third-order valence-corrected chi connectivity index (χ3v) is 6.38. The first kappa shape index (κ1) is 21.0. The van der Waals surface area contributed by atoms with Gasteiger partial charge in [0.1, 0.15) is 11.0 Å². The number of anilines is 1. The zero-order valence-corrected chi connectivity index (χ0v) is 17.6. The van der Waals surface area contributed by atoms with Crippen LogP contribution >= 0.6 is 11.3 Å². The molecule has 6 nitrogen and oxygen atoms in total. The molecule has 0 fully saturated rings. The number of aryl methyl sites for hydroxylation is 1. The summed E-state index contributed by atoms with van der Waals surface area (Å²) in [5.41, 5.74) is 7.55. The molecule has 7 heteroatoms. The van der Waals surface area contributed by atoms with Gasteiger partial charge in [0, 0.05) is 10.4 Å². The van der Waals surface area contributed by atoms with E-state index < -0.39 is 11.9 Å². The van der Waals surface area contributed by atoms with Crippen LogP contribution < -0.4 is 16.4 Å². The lowest BCUT2D eigenvalue weighted by Crippen LogP contribution is -2.47. The predicted octanol–water partition coefficient (Wildman–Crippen LogP) is 3.51. The molecule has 1 heterocycles. The largest absolute Gasteiger partial charge is 0.365 e. The average molecular weight is 414 g/mol. The van der Waals surface area contributed by atoms with Crippen LogP contribution in [0.3, 0.4) is 0 Å². The fraction of sp³-hybridized carbons (Fsp3) is 0.409. The van der Waals surface area contributed by atoms with Crippen LogP contribution in [0.15, 0.2) is 30.3 Å². The van der Waals surface area contributed by atoms with E-state index in [-0.39, 0.29) is 17.7 Å². The van der Waals surface area contributed by atoms with Crippen molar-refractivity contribution in [1.29, 1.82) is 0 Å². The van der Waals surface area contributed by atoms with Gasteiger partial charge in [-0.1, -0.05) is 38.5 Å². The van der Waals surface area contributed by atoms with Gasteiger partial charge in [0.2, 0.25) is 5.91 Å². The molecular formula is C22H27N3O3S. The van der Waals surface area contributed by atoms with Gasteiger partial charge in [0.25, 0.3) is 11.8 Å². The number of carbonyl (C=O) groups excluding carboxylic acids is 3. The minimum Gasteiger partial charge on any atom is -0.365 e. The van der Waals surface area contributed by atoms with Gasteiger partial charge >= 0.3 is 0 Å². The number of primary amides is 1. The molecule has 3 rings (SSSR count). The summed E-state index contributed by atoms with van der Waals surface area (Å²) in [5.74, 6) is -1.30. The van der Waals surface area contributed by atoms with Gasteiger partial charge < -0.3 is 16.4 Å². The van der Waals surface area contributed by atoms with E-state index in [1.165, 1.54) is 11.3 Å². The number of nitrogens with two attached hydrogens (primary N) is 1. The van der Waals surface area contributed by atoms with Crippen LogP contribution in [0.5, 0.6) is 0 Å². The van der Waals surface area contributed by atoms with Gasteiger partial charge in [0.05, 0.1) is 5.56 Å². The zero-order chi connectivity index (χ0) is 21.0. The maximum atomic E-state index is 13.0. The lowest BCUT2D eigenvalue weighted by atomic mass is 10.0. The molecule has 0 radical (unpaired) electrons. The van der Waals surface area contributed by atoms with Crippen molar-refractivity contribution in [2.45, 2.75) is 52.0 Å². The fourth-order valence-electron chi connectivity index (χ4n) is 3.63. The molecule has 0 saturated heterocycles. The number of rotatable bonds is 6. The SMILES string of the molecule is CC(C)C(NC(=O)c1ccccc1)C(=O)Nc1sc2c(c1C(N)=O)CCCCC2. The smallest absolute Gasteiger partial charge is 0.251 e. The molecule has 1 aliphatic rings. The molecular weight excluding hydrogens is 386 g/mol. The number of fused-ring (bicyclic) bond motifs is 1. The molecule has 0 aliphatic heterocycles. The van der Waals surface area contributed by atoms with Crippen molar-refractivity contribution in [3.05, 3.63) is 51.9 Å². The predicted molar refractivity (Wildman–Crippen MR) is 115 cm³/mol. The number of thiophene rings is 1. The minimum atomic E-state index is -0.731. The van der Waals surface area contributed by atoms with Gasteiger partial charge in [0.15, 0.2) is 0 Å². The highest BCUT2D eigenvalue weighted by Crippen LogP contribution is 2.37. The fourth-order valence-corrected chi connectivity index (χ4v) is 4.93. The van der Waals surface area contributed by atoms with Crippen molar-refractivity contribution in [1.82, 2.24) is 5.32 Å². The summed E-state index contributed by atoms with van der Waals surface area (Å²) in [4.78, 5) is 38.8. The maximum Gasteiger partial charge on any atom is 0.251 e. The summed E-state index contributed by atoms with van der Waals surface area (Å²) in [6.07, 6.45) is 4.91. The van der Waals surface area contributed by atoms with Crippen molar-refractivity contribution in [3.63, 3.8) is 0 Å². The van der Waals surface area contributed by atoms with Crippen LogP contribution in [-0.4, -0.2) is 23.8 Å². The van der Waals surface area contributed by atoms with E-state index in [1.54, 1.807) is 24.3 Å². The summed E-state index contributed by atoms with van der Waals surface area (Å²) < 4.78 is 0. The van der Waals surface area contributed by atoms with Gasteiger partial charge in [-0.3, -0.25) is 14.4 Å². The highest BCUT2D eigenvalue weighted by Gasteiger charge is 2.29. The Morgan fingerprint density at radius 3 is 2.38 bits per heavy atom. The Hall–Kier alpha value is -2.67. The summed E-state index contributed by atoms with van der Waals surface area (Å²) >= 11 is 1.43. The van der Waals surface area contributed by atoms with Crippen LogP contribution in [0.25, 0.3) is 0 Å². The third kappa shape index (κ3) is 4.85. The molecule has 3 amide bonds.